The third kappa shape index (κ3) is 7.22. The molecule has 0 aliphatic heterocycles. The van der Waals surface area contributed by atoms with E-state index in [1.54, 1.807) is 0 Å². The molecule has 0 aliphatic carbocycles. The van der Waals surface area contributed by atoms with Gasteiger partial charge < -0.3 is 15.0 Å². The molecule has 0 amide bonds. The van der Waals surface area contributed by atoms with Crippen molar-refractivity contribution in [3.8, 4) is 0 Å². The highest BCUT2D eigenvalue weighted by molar-refractivity contribution is 14.0. The van der Waals surface area contributed by atoms with Gasteiger partial charge in [-0.1, -0.05) is 32.8 Å². The van der Waals surface area contributed by atoms with Gasteiger partial charge in [-0.2, -0.15) is 0 Å². The van der Waals surface area contributed by atoms with E-state index in [2.05, 4.69) is 59.1 Å². The minimum atomic E-state index is 0. The number of halogens is 1. The number of unbranched alkanes of at least 4 members (excludes halogenated alkanes) is 1. The summed E-state index contributed by atoms with van der Waals surface area (Å²) in [6, 6.07) is 4.15. The number of aliphatic imine (C=N–C) groups is 1. The summed E-state index contributed by atoms with van der Waals surface area (Å²) in [6.07, 6.45) is 8.78. The third-order valence-corrected chi connectivity index (χ3v) is 4.13. The van der Waals surface area contributed by atoms with Gasteiger partial charge in [0.1, 0.15) is 5.65 Å². The van der Waals surface area contributed by atoms with Crippen molar-refractivity contribution in [1.29, 1.82) is 0 Å². The molecule has 0 saturated heterocycles. The van der Waals surface area contributed by atoms with Crippen molar-refractivity contribution in [2.75, 3.05) is 20.1 Å². The van der Waals surface area contributed by atoms with Gasteiger partial charge in [0.25, 0.3) is 0 Å². The van der Waals surface area contributed by atoms with Crippen molar-refractivity contribution in [3.63, 3.8) is 0 Å². The first kappa shape index (κ1) is 21.7. The zero-order valence-electron chi connectivity index (χ0n) is 15.9. The highest BCUT2D eigenvalue weighted by Gasteiger charge is 2.04. The largest absolute Gasteiger partial charge is 0.356 e. The second-order valence-corrected chi connectivity index (χ2v) is 6.72. The number of guanidine groups is 1. The predicted octanol–water partition coefficient (Wildman–Crippen LogP) is 3.79. The fourth-order valence-corrected chi connectivity index (χ4v) is 2.74. The lowest BCUT2D eigenvalue weighted by molar-refractivity contribution is 0.534. The molecule has 2 rings (SSSR count). The quantitative estimate of drug-likeness (QED) is 0.275. The van der Waals surface area contributed by atoms with Gasteiger partial charge in [-0.3, -0.25) is 4.99 Å². The fourth-order valence-electron chi connectivity index (χ4n) is 2.74. The Labute approximate surface area is 168 Å². The van der Waals surface area contributed by atoms with Crippen LogP contribution in [0.2, 0.25) is 0 Å². The molecule has 2 heterocycles. The summed E-state index contributed by atoms with van der Waals surface area (Å²) >= 11 is 0. The van der Waals surface area contributed by atoms with Gasteiger partial charge in [-0.05, 0) is 30.9 Å². The molecule has 0 unspecified atom stereocenters. The van der Waals surface area contributed by atoms with E-state index in [-0.39, 0.29) is 24.0 Å². The van der Waals surface area contributed by atoms with Gasteiger partial charge in [-0.15, -0.1) is 24.0 Å². The van der Waals surface area contributed by atoms with Gasteiger partial charge in [0.15, 0.2) is 5.96 Å². The minimum absolute atomic E-state index is 0. The first-order valence-electron chi connectivity index (χ1n) is 8.98. The lowest BCUT2D eigenvalue weighted by Gasteiger charge is -2.11. The first-order valence-corrected chi connectivity index (χ1v) is 8.98. The molecule has 2 aromatic heterocycles. The Balaban J connectivity index is 0.00000312. The van der Waals surface area contributed by atoms with Crippen molar-refractivity contribution in [2.24, 2.45) is 10.9 Å². The van der Waals surface area contributed by atoms with Crippen LogP contribution in [0.3, 0.4) is 0 Å². The van der Waals surface area contributed by atoms with Gasteiger partial charge in [-0.25, -0.2) is 4.98 Å². The lowest BCUT2D eigenvalue weighted by Crippen LogP contribution is -2.38. The number of imidazole rings is 1. The summed E-state index contributed by atoms with van der Waals surface area (Å²) in [6.45, 7) is 8.44. The van der Waals surface area contributed by atoms with E-state index < -0.39 is 0 Å². The van der Waals surface area contributed by atoms with E-state index in [9.17, 15) is 0 Å². The van der Waals surface area contributed by atoms with E-state index in [4.69, 9.17) is 4.98 Å². The molecule has 2 aromatic rings. The van der Waals surface area contributed by atoms with Crippen LogP contribution >= 0.6 is 24.0 Å². The standard InChI is InChI=1S/C19H31N5.HI/c1-15(2)8-5-6-11-21-19(20-4)22-12-10-17-14-24-13-7-9-16(3)18(24)23-17;/h7,9,13-15H,5-6,8,10-12H2,1-4H3,(H2,20,21,22);1H. The Morgan fingerprint density at radius 1 is 1.24 bits per heavy atom. The second-order valence-electron chi connectivity index (χ2n) is 6.72. The molecule has 2 N–H and O–H groups in total. The molecular formula is C19H32IN5. The predicted molar refractivity (Wildman–Crippen MR) is 117 cm³/mol. The SMILES string of the molecule is CN=C(NCCCCC(C)C)NCCc1cn2cccc(C)c2n1.I. The minimum Gasteiger partial charge on any atom is -0.356 e. The van der Waals surface area contributed by atoms with Crippen LogP contribution in [0.25, 0.3) is 5.65 Å². The van der Waals surface area contributed by atoms with Crippen LogP contribution in [-0.4, -0.2) is 35.5 Å². The second kappa shape index (κ2) is 11.3. The summed E-state index contributed by atoms with van der Waals surface area (Å²) < 4.78 is 2.09. The molecule has 0 fully saturated rings. The maximum atomic E-state index is 4.70. The van der Waals surface area contributed by atoms with Crippen LogP contribution in [0.1, 0.15) is 44.4 Å². The summed E-state index contributed by atoms with van der Waals surface area (Å²) in [4.78, 5) is 8.98. The highest BCUT2D eigenvalue weighted by Crippen LogP contribution is 2.10. The zero-order valence-corrected chi connectivity index (χ0v) is 18.2. The number of nitrogens with zero attached hydrogens (tertiary/aromatic N) is 3. The van der Waals surface area contributed by atoms with Gasteiger partial charge >= 0.3 is 0 Å². The van der Waals surface area contributed by atoms with Crippen molar-refractivity contribution in [3.05, 3.63) is 35.8 Å². The average molecular weight is 457 g/mol. The van der Waals surface area contributed by atoms with Crippen LogP contribution in [-0.2, 0) is 6.42 Å². The maximum Gasteiger partial charge on any atom is 0.190 e. The average Bonchev–Trinajstić information content (AvgIpc) is 2.97. The molecule has 0 aliphatic rings. The molecule has 6 heteroatoms. The topological polar surface area (TPSA) is 53.7 Å². The third-order valence-electron chi connectivity index (χ3n) is 4.13. The molecule has 0 atom stereocenters. The molecule has 25 heavy (non-hydrogen) atoms. The highest BCUT2D eigenvalue weighted by atomic mass is 127. The summed E-state index contributed by atoms with van der Waals surface area (Å²) in [5.41, 5.74) is 3.35. The van der Waals surface area contributed by atoms with Gasteiger partial charge in [0.2, 0.25) is 0 Å². The van der Waals surface area contributed by atoms with E-state index >= 15 is 0 Å². The molecular weight excluding hydrogens is 425 g/mol. The number of pyridine rings is 1. The van der Waals surface area contributed by atoms with E-state index in [1.807, 2.05) is 13.2 Å². The Morgan fingerprint density at radius 3 is 2.68 bits per heavy atom. The monoisotopic (exact) mass is 457 g/mol. The Bertz CT molecular complexity index is 663. The Hall–Kier alpha value is -1.31. The summed E-state index contributed by atoms with van der Waals surface area (Å²) in [5.74, 6) is 1.66. The number of fused-ring (bicyclic) bond motifs is 1. The van der Waals surface area contributed by atoms with E-state index in [0.717, 1.165) is 42.7 Å². The number of hydrogen-bond acceptors (Lipinski definition) is 2. The molecule has 0 bridgehead atoms. The van der Waals surface area contributed by atoms with Crippen LogP contribution in [0, 0.1) is 12.8 Å². The Kier molecular flexibility index (Phi) is 9.85. The van der Waals surface area contributed by atoms with Gasteiger partial charge in [0, 0.05) is 39.0 Å². The molecule has 0 aromatic carbocycles. The molecule has 0 saturated carbocycles. The van der Waals surface area contributed by atoms with Crippen molar-refractivity contribution in [1.82, 2.24) is 20.0 Å². The van der Waals surface area contributed by atoms with Crippen LogP contribution in [0.15, 0.2) is 29.5 Å². The van der Waals surface area contributed by atoms with Crippen LogP contribution < -0.4 is 10.6 Å². The fraction of sp³-hybridized carbons (Fsp3) is 0.579. The smallest absolute Gasteiger partial charge is 0.190 e. The van der Waals surface area contributed by atoms with E-state index in [1.165, 1.54) is 24.8 Å². The van der Waals surface area contributed by atoms with E-state index in [0.29, 0.717) is 0 Å². The molecule has 140 valence electrons. The lowest BCUT2D eigenvalue weighted by atomic mass is 10.1. The maximum absolute atomic E-state index is 4.70. The van der Waals surface area contributed by atoms with Gasteiger partial charge in [0.05, 0.1) is 5.69 Å². The summed E-state index contributed by atoms with van der Waals surface area (Å²) in [7, 11) is 1.82. The summed E-state index contributed by atoms with van der Waals surface area (Å²) in [5, 5.41) is 6.74. The first-order chi connectivity index (χ1) is 11.6. The van der Waals surface area contributed by atoms with Crippen LogP contribution in [0.5, 0.6) is 0 Å². The number of aromatic nitrogens is 2. The molecule has 0 radical (unpaired) electrons. The normalized spacial score (nSPS) is 11.6. The molecule has 5 nitrogen and oxygen atoms in total. The molecule has 0 spiro atoms. The van der Waals surface area contributed by atoms with Crippen molar-refractivity contribution >= 4 is 35.6 Å². The van der Waals surface area contributed by atoms with Crippen molar-refractivity contribution < 1.29 is 0 Å². The Morgan fingerprint density at radius 2 is 2.00 bits per heavy atom. The number of rotatable bonds is 8. The van der Waals surface area contributed by atoms with Crippen LogP contribution in [0.4, 0.5) is 0 Å². The number of aryl methyl sites for hydroxylation is 1. The zero-order chi connectivity index (χ0) is 17.4. The number of hydrogen-bond donors (Lipinski definition) is 2. The number of nitrogens with one attached hydrogen (secondary N) is 2. The van der Waals surface area contributed by atoms with Crippen molar-refractivity contribution in [2.45, 2.75) is 46.5 Å².